The number of hydrogen-bond acceptors (Lipinski definition) is 8. The minimum Gasteiger partial charge on any atom is -0.387 e. The fourth-order valence-electron chi connectivity index (χ4n) is 2.50. The third-order valence-electron chi connectivity index (χ3n) is 3.50. The lowest BCUT2D eigenvalue weighted by Gasteiger charge is -2.16. The molecule has 0 saturated carbocycles. The highest BCUT2D eigenvalue weighted by Crippen LogP contribution is 2.33. The first kappa shape index (κ1) is 14.5. The van der Waals surface area contributed by atoms with Crippen molar-refractivity contribution in [1.29, 1.82) is 0 Å². The fourth-order valence-corrected chi connectivity index (χ4v) is 3.10. The molecule has 9 heteroatoms. The van der Waals surface area contributed by atoms with E-state index in [1.54, 1.807) is 23.3 Å². The van der Waals surface area contributed by atoms with Crippen molar-refractivity contribution in [3.05, 3.63) is 12.2 Å². The summed E-state index contributed by atoms with van der Waals surface area (Å²) in [6.45, 7) is 1.73. The number of aromatic nitrogens is 4. The van der Waals surface area contributed by atoms with Crippen LogP contribution in [0.4, 0.5) is 5.82 Å². The number of hydrogen-bond donors (Lipinski definition) is 3. The summed E-state index contributed by atoms with van der Waals surface area (Å²) in [5.41, 5.74) is 6.77. The van der Waals surface area contributed by atoms with Crippen molar-refractivity contribution in [2.45, 2.75) is 31.5 Å². The van der Waals surface area contributed by atoms with Gasteiger partial charge in [-0.1, -0.05) is 0 Å². The molecule has 3 rings (SSSR count). The number of aliphatic hydroxyl groups is 2. The van der Waals surface area contributed by atoms with Gasteiger partial charge in [0.25, 0.3) is 0 Å². The molecular formula is C12H17N5O3S. The van der Waals surface area contributed by atoms with Gasteiger partial charge in [-0.05, 0) is 13.2 Å². The largest absolute Gasteiger partial charge is 0.387 e. The predicted octanol–water partition coefficient (Wildman–Crippen LogP) is -0.301. The Morgan fingerprint density at radius 3 is 2.86 bits per heavy atom. The van der Waals surface area contributed by atoms with Crippen molar-refractivity contribution in [2.75, 3.05) is 17.7 Å². The summed E-state index contributed by atoms with van der Waals surface area (Å²) in [6, 6.07) is 0. The van der Waals surface area contributed by atoms with E-state index in [1.165, 1.54) is 6.33 Å². The molecule has 1 fully saturated rings. The Morgan fingerprint density at radius 1 is 1.38 bits per heavy atom. The first-order valence-corrected chi connectivity index (χ1v) is 7.89. The van der Waals surface area contributed by atoms with Gasteiger partial charge in [-0.2, -0.15) is 11.8 Å². The molecule has 3 heterocycles. The number of aryl methyl sites for hydroxylation is 1. The molecule has 0 radical (unpaired) electrons. The number of anilines is 1. The molecule has 0 aliphatic carbocycles. The topological polar surface area (TPSA) is 119 Å². The van der Waals surface area contributed by atoms with E-state index in [2.05, 4.69) is 15.0 Å². The summed E-state index contributed by atoms with van der Waals surface area (Å²) in [5, 5.41) is 20.3. The predicted molar refractivity (Wildman–Crippen MR) is 78.8 cm³/mol. The molecule has 4 N–H and O–H groups in total. The zero-order chi connectivity index (χ0) is 15.1. The lowest BCUT2D eigenvalue weighted by Crippen LogP contribution is -2.32. The van der Waals surface area contributed by atoms with E-state index >= 15 is 0 Å². The van der Waals surface area contributed by atoms with Gasteiger partial charge in [0, 0.05) is 5.75 Å². The highest BCUT2D eigenvalue weighted by atomic mass is 32.2. The second-order valence-corrected chi connectivity index (χ2v) is 5.89. The van der Waals surface area contributed by atoms with E-state index in [-0.39, 0.29) is 5.82 Å². The molecule has 1 aliphatic heterocycles. The first-order valence-electron chi connectivity index (χ1n) is 6.50. The maximum absolute atomic E-state index is 10.2. The summed E-state index contributed by atoms with van der Waals surface area (Å²) in [6.07, 6.45) is 0.251. The van der Waals surface area contributed by atoms with Crippen molar-refractivity contribution < 1.29 is 14.9 Å². The van der Waals surface area contributed by atoms with Gasteiger partial charge in [-0.15, -0.1) is 0 Å². The van der Waals surface area contributed by atoms with Crippen molar-refractivity contribution in [1.82, 2.24) is 19.5 Å². The molecule has 1 aliphatic rings. The van der Waals surface area contributed by atoms with Crippen LogP contribution in [0.2, 0.25) is 0 Å². The Bertz CT molecular complexity index is 664. The highest BCUT2D eigenvalue weighted by molar-refractivity contribution is 7.98. The van der Waals surface area contributed by atoms with Crippen LogP contribution in [0.3, 0.4) is 0 Å². The third kappa shape index (κ3) is 2.35. The minimum atomic E-state index is -1.05. The Labute approximate surface area is 125 Å². The highest BCUT2D eigenvalue weighted by Gasteiger charge is 2.44. The molecule has 4 atom stereocenters. The number of rotatable bonds is 3. The Morgan fingerprint density at radius 2 is 2.14 bits per heavy atom. The summed E-state index contributed by atoms with van der Waals surface area (Å²) in [4.78, 5) is 12.5. The molecule has 0 aromatic carbocycles. The molecule has 21 heavy (non-hydrogen) atoms. The average molecular weight is 311 g/mol. The van der Waals surface area contributed by atoms with E-state index in [0.29, 0.717) is 22.7 Å². The SMILES string of the molecule is CSC[C@H]1O[C@@H](n2cnc3c(N)nc(C)nc32)[C@H](O)[C@@H]1O. The van der Waals surface area contributed by atoms with Crippen molar-refractivity contribution in [2.24, 2.45) is 0 Å². The number of imidazole rings is 1. The molecule has 8 nitrogen and oxygen atoms in total. The van der Waals surface area contributed by atoms with Gasteiger partial charge >= 0.3 is 0 Å². The van der Waals surface area contributed by atoms with Crippen LogP contribution >= 0.6 is 11.8 Å². The van der Waals surface area contributed by atoms with Crippen LogP contribution in [0.25, 0.3) is 11.2 Å². The number of nitrogen functional groups attached to an aromatic ring is 1. The molecule has 114 valence electrons. The van der Waals surface area contributed by atoms with E-state index in [9.17, 15) is 10.2 Å². The molecule has 0 unspecified atom stereocenters. The van der Waals surface area contributed by atoms with Gasteiger partial charge in [-0.3, -0.25) is 4.57 Å². The number of nitrogens with two attached hydrogens (primary N) is 1. The van der Waals surface area contributed by atoms with Gasteiger partial charge in [-0.25, -0.2) is 15.0 Å². The van der Waals surface area contributed by atoms with E-state index in [4.69, 9.17) is 10.5 Å². The van der Waals surface area contributed by atoms with Crippen LogP contribution in [0.15, 0.2) is 6.33 Å². The van der Waals surface area contributed by atoms with Gasteiger partial charge in [0.1, 0.15) is 23.5 Å². The Balaban J connectivity index is 2.01. The zero-order valence-corrected chi connectivity index (χ0v) is 12.5. The number of nitrogens with zero attached hydrogens (tertiary/aromatic N) is 4. The van der Waals surface area contributed by atoms with Gasteiger partial charge in [0.15, 0.2) is 17.7 Å². The summed E-state index contributed by atoms with van der Waals surface area (Å²) < 4.78 is 7.35. The van der Waals surface area contributed by atoms with E-state index in [0.717, 1.165) is 0 Å². The summed E-state index contributed by atoms with van der Waals surface area (Å²) >= 11 is 1.55. The molecule has 2 aromatic heterocycles. The van der Waals surface area contributed by atoms with Gasteiger partial charge in [0.2, 0.25) is 0 Å². The van der Waals surface area contributed by atoms with Crippen LogP contribution in [-0.4, -0.2) is 60.1 Å². The van der Waals surface area contributed by atoms with Crippen LogP contribution in [0.1, 0.15) is 12.1 Å². The molecule has 0 bridgehead atoms. The summed E-state index contributed by atoms with van der Waals surface area (Å²) in [5.74, 6) is 1.39. The molecule has 2 aromatic rings. The lowest BCUT2D eigenvalue weighted by molar-refractivity contribution is -0.0288. The Kier molecular flexibility index (Phi) is 3.74. The summed E-state index contributed by atoms with van der Waals surface area (Å²) in [7, 11) is 0. The first-order chi connectivity index (χ1) is 10.0. The maximum atomic E-state index is 10.2. The van der Waals surface area contributed by atoms with E-state index in [1.807, 2.05) is 6.26 Å². The van der Waals surface area contributed by atoms with Crippen LogP contribution < -0.4 is 5.73 Å². The van der Waals surface area contributed by atoms with Crippen LogP contribution in [0.5, 0.6) is 0 Å². The fraction of sp³-hybridized carbons (Fsp3) is 0.583. The second-order valence-electron chi connectivity index (χ2n) is 4.98. The average Bonchev–Trinajstić information content (AvgIpc) is 2.96. The Hall–Kier alpha value is -1.42. The van der Waals surface area contributed by atoms with Gasteiger partial charge < -0.3 is 20.7 Å². The van der Waals surface area contributed by atoms with Crippen molar-refractivity contribution >= 4 is 28.7 Å². The molecule has 0 spiro atoms. The second kappa shape index (κ2) is 5.41. The number of ether oxygens (including phenoxy) is 1. The van der Waals surface area contributed by atoms with Crippen molar-refractivity contribution in [3.8, 4) is 0 Å². The maximum Gasteiger partial charge on any atom is 0.167 e. The number of thioether (sulfide) groups is 1. The van der Waals surface area contributed by atoms with Gasteiger partial charge in [0.05, 0.1) is 12.4 Å². The quantitative estimate of drug-likeness (QED) is 0.707. The smallest absolute Gasteiger partial charge is 0.167 e. The van der Waals surface area contributed by atoms with Crippen LogP contribution in [-0.2, 0) is 4.74 Å². The van der Waals surface area contributed by atoms with Crippen LogP contribution in [0, 0.1) is 6.92 Å². The molecular weight excluding hydrogens is 294 g/mol. The molecule has 1 saturated heterocycles. The zero-order valence-electron chi connectivity index (χ0n) is 11.7. The third-order valence-corrected chi connectivity index (χ3v) is 4.16. The minimum absolute atomic E-state index is 0.282. The normalized spacial score (nSPS) is 29.3. The van der Waals surface area contributed by atoms with E-state index < -0.39 is 24.5 Å². The monoisotopic (exact) mass is 311 g/mol. The van der Waals surface area contributed by atoms with Crippen molar-refractivity contribution in [3.63, 3.8) is 0 Å². The number of fused-ring (bicyclic) bond motifs is 1. The number of aliphatic hydroxyl groups excluding tert-OH is 2. The standard InChI is InChI=1S/C12H17N5O3S/c1-5-15-10(13)7-11(16-5)17(4-14-7)12-9(19)8(18)6(20-12)3-21-2/h4,6,8-9,12,18-19H,3H2,1-2H3,(H2,13,15,16)/t6-,8-,9-,12-/m1/s1. The molecule has 0 amide bonds. The lowest BCUT2D eigenvalue weighted by atomic mass is 10.1.